The zero-order valence-corrected chi connectivity index (χ0v) is 13.5. The van der Waals surface area contributed by atoms with Crippen molar-refractivity contribution in [2.45, 2.75) is 0 Å². The summed E-state index contributed by atoms with van der Waals surface area (Å²) in [6.45, 7) is 0. The molecule has 0 atom stereocenters. The van der Waals surface area contributed by atoms with Gasteiger partial charge in [-0.2, -0.15) is 0 Å². The van der Waals surface area contributed by atoms with Crippen LogP contribution in [0.5, 0.6) is 0 Å². The number of hydrogen-bond donors (Lipinski definition) is 2. The first kappa shape index (κ1) is 14.0. The van der Waals surface area contributed by atoms with Crippen molar-refractivity contribution in [3.8, 4) is 0 Å². The number of benzene rings is 3. The average Bonchev–Trinajstić information content (AvgIpc) is 2.47. The lowest BCUT2D eigenvalue weighted by Crippen LogP contribution is -2.10. The fraction of sp³-hybridized carbons (Fsp3) is 0. The maximum atomic E-state index is 5.67. The first-order valence-electron chi connectivity index (χ1n) is 6.49. The summed E-state index contributed by atoms with van der Waals surface area (Å²) in [6.07, 6.45) is 0. The van der Waals surface area contributed by atoms with Crippen molar-refractivity contribution in [1.29, 1.82) is 0 Å². The summed E-state index contributed by atoms with van der Waals surface area (Å²) in [5.74, 6) is 0. The van der Waals surface area contributed by atoms with Gasteiger partial charge in [0.2, 0.25) is 0 Å². The predicted octanol–water partition coefficient (Wildman–Crippen LogP) is 4.98. The molecule has 4 heteroatoms. The van der Waals surface area contributed by atoms with Gasteiger partial charge in [0.15, 0.2) is 0 Å². The van der Waals surface area contributed by atoms with Gasteiger partial charge in [-0.3, -0.25) is 0 Å². The third kappa shape index (κ3) is 2.91. The second-order valence-electron chi connectivity index (χ2n) is 4.71. The largest absolute Gasteiger partial charge is 0.389 e. The summed E-state index contributed by atoms with van der Waals surface area (Å²) in [6, 6.07) is 20.4. The molecule has 0 aliphatic heterocycles. The molecule has 0 unspecified atom stereocenters. The van der Waals surface area contributed by atoms with Crippen molar-refractivity contribution in [2.24, 2.45) is 5.73 Å². The van der Waals surface area contributed by atoms with Crippen molar-refractivity contribution in [2.75, 3.05) is 5.32 Å². The Balaban J connectivity index is 1.99. The summed E-state index contributed by atoms with van der Waals surface area (Å²) >= 11 is 8.52. The minimum absolute atomic E-state index is 0.388. The third-order valence-corrected chi connectivity index (χ3v) is 4.18. The second-order valence-corrected chi connectivity index (χ2v) is 6.00. The number of halogens is 1. The first-order chi connectivity index (χ1) is 10.1. The van der Waals surface area contributed by atoms with Gasteiger partial charge in [-0.05, 0) is 45.6 Å². The second kappa shape index (κ2) is 5.84. The van der Waals surface area contributed by atoms with Crippen LogP contribution in [-0.2, 0) is 0 Å². The van der Waals surface area contributed by atoms with Gasteiger partial charge in [-0.25, -0.2) is 0 Å². The highest BCUT2D eigenvalue weighted by atomic mass is 79.9. The van der Waals surface area contributed by atoms with Crippen LogP contribution in [0.15, 0.2) is 65.1 Å². The molecule has 0 fully saturated rings. The minimum atomic E-state index is 0.388. The number of rotatable bonds is 3. The first-order valence-corrected chi connectivity index (χ1v) is 7.69. The van der Waals surface area contributed by atoms with E-state index in [1.807, 2.05) is 36.4 Å². The zero-order chi connectivity index (χ0) is 14.8. The van der Waals surface area contributed by atoms with Crippen LogP contribution < -0.4 is 11.1 Å². The Hall–Kier alpha value is -1.91. The molecule has 0 aromatic heterocycles. The maximum Gasteiger partial charge on any atom is 0.105 e. The Kier molecular flexibility index (Phi) is 3.90. The van der Waals surface area contributed by atoms with Crippen molar-refractivity contribution < 1.29 is 0 Å². The van der Waals surface area contributed by atoms with E-state index in [2.05, 4.69) is 45.5 Å². The van der Waals surface area contributed by atoms with E-state index in [4.69, 9.17) is 18.0 Å². The monoisotopic (exact) mass is 356 g/mol. The summed E-state index contributed by atoms with van der Waals surface area (Å²) in [5, 5.41) is 5.84. The van der Waals surface area contributed by atoms with Gasteiger partial charge in [-0.15, -0.1) is 0 Å². The van der Waals surface area contributed by atoms with Crippen LogP contribution in [0.3, 0.4) is 0 Å². The van der Waals surface area contributed by atoms with E-state index >= 15 is 0 Å². The van der Waals surface area contributed by atoms with E-state index in [0.29, 0.717) is 4.99 Å². The van der Waals surface area contributed by atoms with Gasteiger partial charge in [0, 0.05) is 26.8 Å². The molecule has 0 aliphatic rings. The highest BCUT2D eigenvalue weighted by Gasteiger charge is 2.05. The van der Waals surface area contributed by atoms with E-state index < -0.39 is 0 Å². The van der Waals surface area contributed by atoms with Crippen molar-refractivity contribution in [3.63, 3.8) is 0 Å². The fourth-order valence-electron chi connectivity index (χ4n) is 2.28. The molecule has 0 amide bonds. The lowest BCUT2D eigenvalue weighted by atomic mass is 10.1. The number of nitrogens with one attached hydrogen (secondary N) is 1. The van der Waals surface area contributed by atoms with Crippen LogP contribution in [-0.4, -0.2) is 4.99 Å². The molecule has 0 radical (unpaired) electrons. The zero-order valence-electron chi connectivity index (χ0n) is 11.1. The molecule has 0 bridgehead atoms. The number of hydrogen-bond acceptors (Lipinski definition) is 2. The molecule has 0 saturated carbocycles. The topological polar surface area (TPSA) is 38.0 Å². The Morgan fingerprint density at radius 3 is 2.52 bits per heavy atom. The lowest BCUT2D eigenvalue weighted by Gasteiger charge is -2.11. The Morgan fingerprint density at radius 1 is 1.00 bits per heavy atom. The predicted molar refractivity (Wildman–Crippen MR) is 97.3 cm³/mol. The van der Waals surface area contributed by atoms with Gasteiger partial charge < -0.3 is 11.1 Å². The SMILES string of the molecule is NC(=S)c1ccc(Nc2cccc3ccccc23)cc1Br. The molecule has 0 aliphatic carbocycles. The molecule has 3 aromatic carbocycles. The van der Waals surface area contributed by atoms with E-state index in [1.54, 1.807) is 0 Å². The van der Waals surface area contributed by atoms with E-state index in [1.165, 1.54) is 10.8 Å². The fourth-order valence-corrected chi connectivity index (χ4v) is 3.18. The summed E-state index contributed by atoms with van der Waals surface area (Å²) < 4.78 is 0.889. The summed E-state index contributed by atoms with van der Waals surface area (Å²) in [7, 11) is 0. The third-order valence-electron chi connectivity index (χ3n) is 3.30. The Morgan fingerprint density at radius 2 is 1.76 bits per heavy atom. The molecule has 0 saturated heterocycles. The van der Waals surface area contributed by atoms with Crippen molar-refractivity contribution in [1.82, 2.24) is 0 Å². The molecule has 0 spiro atoms. The van der Waals surface area contributed by atoms with Crippen LogP contribution in [0.4, 0.5) is 11.4 Å². The van der Waals surface area contributed by atoms with Crippen LogP contribution in [0.25, 0.3) is 10.8 Å². The molecule has 0 heterocycles. The summed E-state index contributed by atoms with van der Waals surface area (Å²) in [4.78, 5) is 0.388. The molecule has 3 N–H and O–H groups in total. The van der Waals surface area contributed by atoms with Gasteiger partial charge in [0.25, 0.3) is 0 Å². The molecule has 3 aromatic rings. The quantitative estimate of drug-likeness (QED) is 0.650. The van der Waals surface area contributed by atoms with Gasteiger partial charge >= 0.3 is 0 Å². The number of thiocarbonyl (C=S) groups is 1. The maximum absolute atomic E-state index is 5.67. The van der Waals surface area contributed by atoms with E-state index in [0.717, 1.165) is 21.4 Å². The van der Waals surface area contributed by atoms with Gasteiger partial charge in [0.05, 0.1) is 0 Å². The Labute approximate surface area is 137 Å². The smallest absolute Gasteiger partial charge is 0.105 e. The van der Waals surface area contributed by atoms with Crippen molar-refractivity contribution >= 4 is 55.3 Å². The molecule has 21 heavy (non-hydrogen) atoms. The lowest BCUT2D eigenvalue weighted by molar-refractivity contribution is 1.52. The summed E-state index contributed by atoms with van der Waals surface area (Å²) in [5.41, 5.74) is 8.57. The standard InChI is InChI=1S/C17H13BrN2S/c18-15-10-12(8-9-14(15)17(19)21)20-16-7-3-5-11-4-1-2-6-13(11)16/h1-10,20H,(H2,19,21). The molecular formula is C17H13BrN2S. The van der Waals surface area contributed by atoms with Crippen molar-refractivity contribution in [3.05, 3.63) is 70.7 Å². The highest BCUT2D eigenvalue weighted by Crippen LogP contribution is 2.28. The molecular weight excluding hydrogens is 344 g/mol. The van der Waals surface area contributed by atoms with Gasteiger partial charge in [0.1, 0.15) is 4.99 Å². The normalized spacial score (nSPS) is 10.5. The molecule has 104 valence electrons. The van der Waals surface area contributed by atoms with Crippen LogP contribution in [0, 0.1) is 0 Å². The average molecular weight is 357 g/mol. The molecule has 2 nitrogen and oxygen atoms in total. The number of fused-ring (bicyclic) bond motifs is 1. The number of nitrogens with two attached hydrogens (primary N) is 1. The number of anilines is 2. The van der Waals surface area contributed by atoms with Crippen LogP contribution in [0.2, 0.25) is 0 Å². The minimum Gasteiger partial charge on any atom is -0.389 e. The van der Waals surface area contributed by atoms with E-state index in [-0.39, 0.29) is 0 Å². The highest BCUT2D eigenvalue weighted by molar-refractivity contribution is 9.10. The molecule has 3 rings (SSSR count). The Bertz CT molecular complexity index is 825. The van der Waals surface area contributed by atoms with Gasteiger partial charge in [-0.1, -0.05) is 48.6 Å². The van der Waals surface area contributed by atoms with Crippen LogP contribution >= 0.6 is 28.1 Å². The van der Waals surface area contributed by atoms with Crippen LogP contribution in [0.1, 0.15) is 5.56 Å². The van der Waals surface area contributed by atoms with E-state index in [9.17, 15) is 0 Å².